The van der Waals surface area contributed by atoms with Gasteiger partial charge in [0, 0.05) is 7.05 Å². The zero-order valence-corrected chi connectivity index (χ0v) is 12.5. The van der Waals surface area contributed by atoms with E-state index in [-0.39, 0.29) is 0 Å². The van der Waals surface area contributed by atoms with Crippen molar-refractivity contribution in [1.82, 2.24) is 0 Å². The van der Waals surface area contributed by atoms with E-state index in [1.807, 2.05) is 73.8 Å². The Morgan fingerprint density at radius 1 is 0.905 bits per heavy atom. The summed E-state index contributed by atoms with van der Waals surface area (Å²) in [6.45, 7) is 3.12. The Kier molecular flexibility index (Phi) is 5.85. The molecule has 0 aliphatic rings. The number of hydroxylamine groups is 1. The lowest BCUT2D eigenvalue weighted by Gasteiger charge is -2.17. The minimum atomic E-state index is 0.517. The number of aryl methyl sites for hydroxylation is 1. The predicted molar refractivity (Wildman–Crippen MR) is 86.6 cm³/mol. The third-order valence-electron chi connectivity index (χ3n) is 3.02. The number of nitrogens with zero attached hydrogens (tertiary/aromatic N) is 1. The van der Waals surface area contributed by atoms with Crippen LogP contribution < -0.4 is 9.80 Å². The Morgan fingerprint density at radius 2 is 1.57 bits per heavy atom. The molecule has 2 rings (SSSR count). The van der Waals surface area contributed by atoms with Gasteiger partial charge in [-0.3, -0.25) is 9.90 Å². The molecule has 0 amide bonds. The molecular weight excluding hydrogens is 262 g/mol. The lowest BCUT2D eigenvalue weighted by Crippen LogP contribution is -2.17. The van der Waals surface area contributed by atoms with Crippen LogP contribution >= 0.6 is 0 Å². The summed E-state index contributed by atoms with van der Waals surface area (Å²) >= 11 is 0. The Morgan fingerprint density at radius 3 is 2.29 bits per heavy atom. The van der Waals surface area contributed by atoms with E-state index in [0.717, 1.165) is 11.4 Å². The summed E-state index contributed by atoms with van der Waals surface area (Å²) in [5.41, 5.74) is 2.26. The summed E-state index contributed by atoms with van der Waals surface area (Å²) in [7, 11) is 1.89. The van der Waals surface area contributed by atoms with Gasteiger partial charge in [-0.05, 0) is 37.3 Å². The number of ether oxygens (including phenoxy) is 1. The molecule has 0 radical (unpaired) electrons. The average molecular weight is 283 g/mol. The molecule has 0 aromatic heterocycles. The van der Waals surface area contributed by atoms with Gasteiger partial charge in [0.2, 0.25) is 0 Å². The molecule has 0 N–H and O–H groups in total. The van der Waals surface area contributed by atoms with Crippen LogP contribution in [0, 0.1) is 6.92 Å². The quantitative estimate of drug-likeness (QED) is 0.566. The number of anilines is 1. The largest absolute Gasteiger partial charge is 0.490 e. The third kappa shape index (κ3) is 5.32. The summed E-state index contributed by atoms with van der Waals surface area (Å²) in [5.74, 6) is 0.882. The fourth-order valence-corrected chi connectivity index (χ4v) is 1.78. The van der Waals surface area contributed by atoms with Crippen LogP contribution in [0.15, 0.2) is 66.7 Å². The summed E-state index contributed by atoms with van der Waals surface area (Å²) in [6.07, 6.45) is 3.91. The van der Waals surface area contributed by atoms with Gasteiger partial charge in [-0.15, -0.1) is 0 Å². The van der Waals surface area contributed by atoms with Gasteiger partial charge in [-0.2, -0.15) is 0 Å². The average Bonchev–Trinajstić information content (AvgIpc) is 2.53. The van der Waals surface area contributed by atoms with E-state index in [1.54, 1.807) is 5.06 Å². The summed E-state index contributed by atoms with van der Waals surface area (Å²) in [4.78, 5) is 5.59. The fourth-order valence-electron chi connectivity index (χ4n) is 1.78. The van der Waals surface area contributed by atoms with E-state index in [0.29, 0.717) is 13.2 Å². The summed E-state index contributed by atoms with van der Waals surface area (Å²) in [5, 5.41) is 1.76. The maximum Gasteiger partial charge on any atom is 0.119 e. The monoisotopic (exact) mass is 283 g/mol. The highest BCUT2D eigenvalue weighted by Crippen LogP contribution is 2.12. The molecule has 21 heavy (non-hydrogen) atoms. The first-order valence-corrected chi connectivity index (χ1v) is 7.02. The molecule has 0 heterocycles. The van der Waals surface area contributed by atoms with E-state index in [1.165, 1.54) is 5.56 Å². The molecule has 0 bridgehead atoms. The van der Waals surface area contributed by atoms with Gasteiger partial charge >= 0.3 is 0 Å². The zero-order valence-electron chi connectivity index (χ0n) is 12.5. The lowest BCUT2D eigenvalue weighted by molar-refractivity contribution is 0.149. The molecule has 0 saturated carbocycles. The normalized spacial score (nSPS) is 10.8. The maximum absolute atomic E-state index is 5.60. The van der Waals surface area contributed by atoms with Crippen molar-refractivity contribution in [3.05, 3.63) is 72.3 Å². The van der Waals surface area contributed by atoms with Crippen LogP contribution in [0.25, 0.3) is 0 Å². The lowest BCUT2D eigenvalue weighted by atomic mass is 10.2. The molecule has 0 fully saturated rings. The van der Waals surface area contributed by atoms with Crippen molar-refractivity contribution < 1.29 is 9.57 Å². The van der Waals surface area contributed by atoms with Gasteiger partial charge in [0.1, 0.15) is 12.4 Å². The molecule has 2 aromatic rings. The zero-order chi connectivity index (χ0) is 14.9. The second-order valence-electron chi connectivity index (χ2n) is 4.72. The first kappa shape index (κ1) is 15.1. The molecule has 0 atom stereocenters. The molecule has 3 nitrogen and oxygen atoms in total. The number of hydrogen-bond donors (Lipinski definition) is 0. The first-order chi connectivity index (χ1) is 10.3. The minimum Gasteiger partial charge on any atom is -0.490 e. The van der Waals surface area contributed by atoms with Crippen LogP contribution in [0.1, 0.15) is 5.56 Å². The highest BCUT2D eigenvalue weighted by Gasteiger charge is 1.97. The Labute approximate surface area is 126 Å². The van der Waals surface area contributed by atoms with Crippen molar-refractivity contribution >= 4 is 5.69 Å². The fraction of sp³-hybridized carbons (Fsp3) is 0.222. The van der Waals surface area contributed by atoms with Gasteiger partial charge in [0.05, 0.1) is 12.3 Å². The predicted octanol–water partition coefficient (Wildman–Crippen LogP) is 4.00. The van der Waals surface area contributed by atoms with Crippen LogP contribution in [0.3, 0.4) is 0 Å². The molecule has 0 aliphatic carbocycles. The maximum atomic E-state index is 5.60. The summed E-state index contributed by atoms with van der Waals surface area (Å²) in [6, 6.07) is 18.0. The van der Waals surface area contributed by atoms with Crippen LogP contribution in [-0.2, 0) is 4.84 Å². The van der Waals surface area contributed by atoms with Gasteiger partial charge < -0.3 is 4.74 Å². The molecule has 0 spiro atoms. The minimum absolute atomic E-state index is 0.517. The van der Waals surface area contributed by atoms with Crippen LogP contribution in [-0.4, -0.2) is 20.3 Å². The molecular formula is C18H21NO2. The van der Waals surface area contributed by atoms with Gasteiger partial charge in [-0.1, -0.05) is 42.0 Å². The molecule has 110 valence electrons. The molecule has 2 aromatic carbocycles. The van der Waals surface area contributed by atoms with Crippen molar-refractivity contribution in [2.75, 3.05) is 25.3 Å². The summed E-state index contributed by atoms with van der Waals surface area (Å²) < 4.78 is 5.60. The Bertz CT molecular complexity index is 549. The van der Waals surface area contributed by atoms with Crippen LogP contribution in [0.2, 0.25) is 0 Å². The number of benzene rings is 2. The van der Waals surface area contributed by atoms with E-state index in [2.05, 4.69) is 6.92 Å². The Balaban J connectivity index is 1.65. The van der Waals surface area contributed by atoms with E-state index >= 15 is 0 Å². The van der Waals surface area contributed by atoms with Crippen LogP contribution in [0.4, 0.5) is 5.69 Å². The highest BCUT2D eigenvalue weighted by molar-refractivity contribution is 5.42. The van der Waals surface area contributed by atoms with E-state index in [4.69, 9.17) is 9.57 Å². The van der Waals surface area contributed by atoms with E-state index in [9.17, 15) is 0 Å². The SMILES string of the molecule is Cc1ccc(OC/C=C/CON(C)c2ccccc2)cc1. The van der Waals surface area contributed by atoms with Gasteiger partial charge in [0.15, 0.2) is 0 Å². The van der Waals surface area contributed by atoms with Crippen LogP contribution in [0.5, 0.6) is 5.75 Å². The van der Waals surface area contributed by atoms with E-state index < -0.39 is 0 Å². The van der Waals surface area contributed by atoms with Gasteiger partial charge in [-0.25, -0.2) is 0 Å². The van der Waals surface area contributed by atoms with Crippen molar-refractivity contribution in [3.63, 3.8) is 0 Å². The number of para-hydroxylation sites is 1. The second kappa shape index (κ2) is 8.12. The molecule has 0 saturated heterocycles. The standard InChI is InChI=1S/C18H21NO2/c1-16-10-12-18(13-11-16)20-14-6-7-15-21-19(2)17-8-4-3-5-9-17/h3-13H,14-15H2,1-2H3/b7-6+. The van der Waals surface area contributed by atoms with Gasteiger partial charge in [0.25, 0.3) is 0 Å². The van der Waals surface area contributed by atoms with Crippen molar-refractivity contribution in [2.45, 2.75) is 6.92 Å². The Hall–Kier alpha value is -2.26. The third-order valence-corrected chi connectivity index (χ3v) is 3.02. The van der Waals surface area contributed by atoms with Crippen molar-refractivity contribution in [3.8, 4) is 5.75 Å². The molecule has 3 heteroatoms. The number of rotatable bonds is 7. The van der Waals surface area contributed by atoms with Crippen molar-refractivity contribution in [2.24, 2.45) is 0 Å². The van der Waals surface area contributed by atoms with Crippen molar-refractivity contribution in [1.29, 1.82) is 0 Å². The number of hydrogen-bond acceptors (Lipinski definition) is 3. The smallest absolute Gasteiger partial charge is 0.119 e. The molecule has 0 aliphatic heterocycles. The second-order valence-corrected chi connectivity index (χ2v) is 4.72. The topological polar surface area (TPSA) is 21.7 Å². The first-order valence-electron chi connectivity index (χ1n) is 7.02. The molecule has 0 unspecified atom stereocenters. The highest BCUT2D eigenvalue weighted by atomic mass is 16.7.